The van der Waals surface area contributed by atoms with Crippen molar-refractivity contribution in [1.29, 1.82) is 5.26 Å². The molecule has 3 aromatic rings. The number of nitrogens with zero attached hydrogens (tertiary/aromatic N) is 3. The molecule has 0 aliphatic heterocycles. The Balaban J connectivity index is 2.02. The fourth-order valence-electron chi connectivity index (χ4n) is 3.58. The fourth-order valence-corrected chi connectivity index (χ4v) is 3.58. The smallest absolute Gasteiger partial charge is 0.270 e. The Morgan fingerprint density at radius 3 is 2.50 bits per heavy atom. The molecule has 3 rings (SSSR count). The molecule has 0 radical (unpaired) electrons. The molecule has 0 bridgehead atoms. The second-order valence-electron chi connectivity index (χ2n) is 7.60. The Labute approximate surface area is 196 Å². The summed E-state index contributed by atoms with van der Waals surface area (Å²) in [5.74, 6) is -1.41. The first-order valence-electron chi connectivity index (χ1n) is 10.5. The molecule has 0 saturated heterocycles. The molecule has 10 nitrogen and oxygen atoms in total. The number of hydrogen-bond donors (Lipinski definition) is 4. The quantitative estimate of drug-likeness (QED) is 0.280. The molecule has 1 aromatic carbocycles. The lowest BCUT2D eigenvalue weighted by molar-refractivity contribution is -0.114. The molecule has 10 heteroatoms. The van der Waals surface area contributed by atoms with Crippen LogP contribution in [0.3, 0.4) is 0 Å². The number of oxazole rings is 1. The zero-order valence-corrected chi connectivity index (χ0v) is 18.8. The molecular weight excluding hydrogens is 434 g/mol. The van der Waals surface area contributed by atoms with Gasteiger partial charge in [0.2, 0.25) is 0 Å². The molecular formula is C24H25N7O3. The van der Waals surface area contributed by atoms with Gasteiger partial charge in [-0.1, -0.05) is 19.1 Å². The zero-order chi connectivity index (χ0) is 24.8. The normalized spacial score (nSPS) is 13.8. The molecule has 7 N–H and O–H groups in total. The minimum Gasteiger partial charge on any atom is -0.448 e. The summed E-state index contributed by atoms with van der Waals surface area (Å²) in [6, 6.07) is 10.6. The number of nitrogens with two attached hydrogens (primary N) is 3. The van der Waals surface area contributed by atoms with Crippen LogP contribution in [0.5, 0.6) is 0 Å². The van der Waals surface area contributed by atoms with Crippen molar-refractivity contribution in [2.45, 2.75) is 32.2 Å². The minimum absolute atomic E-state index is 0.0287. The number of benzene rings is 1. The van der Waals surface area contributed by atoms with Crippen LogP contribution in [0.4, 0.5) is 0 Å². The second kappa shape index (κ2) is 10.3. The van der Waals surface area contributed by atoms with Crippen molar-refractivity contribution in [3.63, 3.8) is 0 Å². The Morgan fingerprint density at radius 1 is 1.26 bits per heavy atom. The van der Waals surface area contributed by atoms with Crippen LogP contribution in [0.2, 0.25) is 0 Å². The molecule has 0 spiro atoms. The number of aromatic nitrogens is 2. The topological polar surface area (TPSA) is 190 Å². The Morgan fingerprint density at radius 2 is 1.97 bits per heavy atom. The number of carbonyl (C=O) groups excluding carboxylic acids is 2. The molecule has 2 atom stereocenters. The molecule has 2 heterocycles. The number of nitriles is 1. The molecule has 0 aliphatic carbocycles. The van der Waals surface area contributed by atoms with Crippen molar-refractivity contribution < 1.29 is 14.0 Å². The van der Waals surface area contributed by atoms with Crippen molar-refractivity contribution in [3.05, 3.63) is 77.4 Å². The summed E-state index contributed by atoms with van der Waals surface area (Å²) >= 11 is 0. The van der Waals surface area contributed by atoms with Crippen LogP contribution in [0.1, 0.15) is 53.8 Å². The molecule has 0 aliphatic rings. The predicted octanol–water partition coefficient (Wildman–Crippen LogP) is 2.34. The first kappa shape index (κ1) is 24.0. The van der Waals surface area contributed by atoms with Gasteiger partial charge >= 0.3 is 0 Å². The lowest BCUT2D eigenvalue weighted by Gasteiger charge is -2.18. The number of rotatable bonds is 9. The zero-order valence-electron chi connectivity index (χ0n) is 18.8. The van der Waals surface area contributed by atoms with Crippen LogP contribution in [-0.4, -0.2) is 33.5 Å². The van der Waals surface area contributed by atoms with E-state index in [0.717, 1.165) is 17.3 Å². The van der Waals surface area contributed by atoms with Crippen LogP contribution >= 0.6 is 0 Å². The van der Waals surface area contributed by atoms with Gasteiger partial charge in [-0.2, -0.15) is 5.26 Å². The van der Waals surface area contributed by atoms with E-state index in [1.165, 1.54) is 6.26 Å². The highest BCUT2D eigenvalue weighted by Crippen LogP contribution is 2.27. The Bertz CT molecular complexity index is 1290. The van der Waals surface area contributed by atoms with E-state index in [9.17, 15) is 9.59 Å². The first-order valence-corrected chi connectivity index (χ1v) is 10.5. The van der Waals surface area contributed by atoms with Crippen molar-refractivity contribution in [3.8, 4) is 17.2 Å². The van der Waals surface area contributed by atoms with E-state index in [1.54, 1.807) is 18.3 Å². The molecule has 34 heavy (non-hydrogen) atoms. The Kier molecular flexibility index (Phi) is 7.28. The van der Waals surface area contributed by atoms with E-state index in [4.69, 9.17) is 31.9 Å². The van der Waals surface area contributed by atoms with Gasteiger partial charge in [0.25, 0.3) is 11.8 Å². The van der Waals surface area contributed by atoms with Gasteiger partial charge in [0.15, 0.2) is 11.6 Å². The van der Waals surface area contributed by atoms with Crippen molar-refractivity contribution >= 4 is 17.5 Å². The van der Waals surface area contributed by atoms with Gasteiger partial charge < -0.3 is 26.6 Å². The van der Waals surface area contributed by atoms with Gasteiger partial charge in [0.05, 0.1) is 40.6 Å². The Hall–Kier alpha value is -4.65. The summed E-state index contributed by atoms with van der Waals surface area (Å²) in [5.41, 5.74) is 19.7. The van der Waals surface area contributed by atoms with Crippen LogP contribution < -0.4 is 17.2 Å². The standard InChI is InChI=1S/C24H25N7O3/c1-3-17(24-31-20(12-34-24)23(28)33)13(2)30-21(18(10-26)22(27)32)19-8-16(11-29-19)15-6-4-14(9-25)5-7-15/h4-8,10-13,17,29H,3,26H2,1-2H3,(H2,27,32)(H2,28,33)/t13-,17-/m1/s1. The van der Waals surface area contributed by atoms with E-state index in [2.05, 4.69) is 16.0 Å². The molecule has 2 amide bonds. The highest BCUT2D eigenvalue weighted by atomic mass is 16.3. The number of carbonyl (C=O) groups is 2. The predicted molar refractivity (Wildman–Crippen MR) is 126 cm³/mol. The van der Waals surface area contributed by atoms with Crippen molar-refractivity contribution in [2.24, 2.45) is 22.2 Å². The van der Waals surface area contributed by atoms with Crippen molar-refractivity contribution in [1.82, 2.24) is 9.97 Å². The average Bonchev–Trinajstić information content (AvgIpc) is 3.50. The summed E-state index contributed by atoms with van der Waals surface area (Å²) in [7, 11) is 0. The fraction of sp³-hybridized carbons (Fsp3) is 0.208. The molecule has 174 valence electrons. The van der Waals surface area contributed by atoms with E-state index >= 15 is 0 Å². The summed E-state index contributed by atoms with van der Waals surface area (Å²) in [5, 5.41) is 9.01. The first-order chi connectivity index (χ1) is 16.3. The van der Waals surface area contributed by atoms with Gasteiger partial charge in [-0.15, -0.1) is 0 Å². The monoisotopic (exact) mass is 459 g/mol. The number of aromatic amines is 1. The molecule has 0 unspecified atom stereocenters. The maximum atomic E-state index is 12.1. The highest BCUT2D eigenvalue weighted by Gasteiger charge is 2.26. The number of aliphatic imine (C=N–C) groups is 1. The maximum absolute atomic E-state index is 12.1. The van der Waals surface area contributed by atoms with Gasteiger partial charge in [-0.25, -0.2) is 4.98 Å². The SMILES string of the molecule is CC[C@@H](c1nc(C(N)=O)co1)[C@@H](C)N=C(C(=CN)C(N)=O)c1cc(-c2ccc(C#N)cc2)c[nH]1. The number of nitrogens with one attached hydrogen (secondary N) is 1. The molecule has 2 aromatic heterocycles. The van der Waals surface area contributed by atoms with Crippen LogP contribution in [0.15, 0.2) is 64.0 Å². The largest absolute Gasteiger partial charge is 0.448 e. The summed E-state index contributed by atoms with van der Waals surface area (Å²) < 4.78 is 5.46. The maximum Gasteiger partial charge on any atom is 0.270 e. The summed E-state index contributed by atoms with van der Waals surface area (Å²) in [4.78, 5) is 35.6. The summed E-state index contributed by atoms with van der Waals surface area (Å²) in [6.07, 6.45) is 4.68. The van der Waals surface area contributed by atoms with E-state index in [1.807, 2.05) is 32.0 Å². The van der Waals surface area contributed by atoms with E-state index < -0.39 is 17.9 Å². The summed E-state index contributed by atoms with van der Waals surface area (Å²) in [6.45, 7) is 3.76. The molecule has 0 fully saturated rings. The van der Waals surface area contributed by atoms with Gasteiger partial charge in [-0.3, -0.25) is 14.6 Å². The van der Waals surface area contributed by atoms with Crippen LogP contribution in [0, 0.1) is 11.3 Å². The van der Waals surface area contributed by atoms with E-state index in [-0.39, 0.29) is 22.9 Å². The number of H-pyrrole nitrogens is 1. The lowest BCUT2D eigenvalue weighted by atomic mass is 9.97. The minimum atomic E-state index is -0.733. The third kappa shape index (κ3) is 5.05. The van der Waals surface area contributed by atoms with Crippen LogP contribution in [0.25, 0.3) is 11.1 Å². The average molecular weight is 460 g/mol. The van der Waals surface area contributed by atoms with Crippen molar-refractivity contribution in [2.75, 3.05) is 0 Å². The third-order valence-electron chi connectivity index (χ3n) is 5.42. The lowest BCUT2D eigenvalue weighted by Crippen LogP contribution is -2.25. The third-order valence-corrected chi connectivity index (χ3v) is 5.42. The number of amides is 2. The number of primary amides is 2. The second-order valence-corrected chi connectivity index (χ2v) is 7.60. The molecule has 0 saturated carbocycles. The van der Waals surface area contributed by atoms with Gasteiger partial charge in [0.1, 0.15) is 6.26 Å². The van der Waals surface area contributed by atoms with E-state index in [0.29, 0.717) is 23.6 Å². The highest BCUT2D eigenvalue weighted by molar-refractivity contribution is 6.27. The number of hydrogen-bond acceptors (Lipinski definition) is 7. The van der Waals surface area contributed by atoms with Crippen LogP contribution in [-0.2, 0) is 4.79 Å². The van der Waals surface area contributed by atoms with Gasteiger partial charge in [0, 0.05) is 12.4 Å². The van der Waals surface area contributed by atoms with Gasteiger partial charge in [-0.05, 0) is 42.7 Å².